The molecule has 0 spiro atoms. The largest absolute Gasteiger partial charge is 0.326 e. The number of aromatic nitrogens is 2. The van der Waals surface area contributed by atoms with Crippen molar-refractivity contribution in [2.75, 3.05) is 10.6 Å². The van der Waals surface area contributed by atoms with Gasteiger partial charge in [0.05, 0.1) is 5.69 Å². The zero-order chi connectivity index (χ0) is 16.5. The summed E-state index contributed by atoms with van der Waals surface area (Å²) in [5.41, 5.74) is 3.20. The summed E-state index contributed by atoms with van der Waals surface area (Å²) in [4.78, 5) is 24.3. The van der Waals surface area contributed by atoms with Gasteiger partial charge >= 0.3 is 6.03 Å². The summed E-state index contributed by atoms with van der Waals surface area (Å²) in [5, 5.41) is 15.6. The monoisotopic (exact) mass is 323 g/mol. The van der Waals surface area contributed by atoms with Crippen molar-refractivity contribution >= 4 is 34.3 Å². The van der Waals surface area contributed by atoms with Crippen molar-refractivity contribution in [2.45, 2.75) is 12.5 Å². The van der Waals surface area contributed by atoms with E-state index in [4.69, 9.17) is 0 Å². The Morgan fingerprint density at radius 2 is 2.04 bits per heavy atom. The van der Waals surface area contributed by atoms with Crippen LogP contribution in [0.15, 0.2) is 47.1 Å². The van der Waals surface area contributed by atoms with Gasteiger partial charge in [0, 0.05) is 12.1 Å². The molecule has 8 nitrogen and oxygen atoms in total. The number of carbonyl (C=O) groups is 2. The van der Waals surface area contributed by atoms with E-state index in [0.717, 1.165) is 11.3 Å². The quantitative estimate of drug-likeness (QED) is 0.667. The Bertz CT molecular complexity index is 936. The first kappa shape index (κ1) is 14.2. The number of nitrogens with one attached hydrogen (secondary N) is 3. The third-order valence-electron chi connectivity index (χ3n) is 3.86. The molecule has 1 aliphatic heterocycles. The molecule has 3 N–H and O–H groups in total. The van der Waals surface area contributed by atoms with E-state index >= 15 is 0 Å². The molecule has 8 heteroatoms. The summed E-state index contributed by atoms with van der Waals surface area (Å²) in [6, 6.07) is 11.5. The van der Waals surface area contributed by atoms with Crippen LogP contribution in [0.4, 0.5) is 16.2 Å². The number of nitrogens with zero attached hydrogens (tertiary/aromatic N) is 2. The minimum Gasteiger partial charge on any atom is -0.326 e. The Morgan fingerprint density at radius 1 is 1.17 bits per heavy atom. The van der Waals surface area contributed by atoms with Crippen molar-refractivity contribution in [1.82, 2.24) is 15.6 Å². The smallest absolute Gasteiger partial charge is 0.319 e. The highest BCUT2D eigenvalue weighted by Crippen LogP contribution is 2.22. The molecule has 0 fully saturated rings. The van der Waals surface area contributed by atoms with Crippen LogP contribution < -0.4 is 16.0 Å². The number of hydrogen-bond donors (Lipinski definition) is 3. The van der Waals surface area contributed by atoms with Gasteiger partial charge in [0.1, 0.15) is 11.6 Å². The van der Waals surface area contributed by atoms with E-state index in [1.54, 1.807) is 18.2 Å². The molecule has 0 bridgehead atoms. The molecule has 0 aliphatic carbocycles. The zero-order valence-corrected chi connectivity index (χ0v) is 12.4. The van der Waals surface area contributed by atoms with Gasteiger partial charge in [-0.05, 0) is 34.1 Å². The van der Waals surface area contributed by atoms with Gasteiger partial charge in [-0.15, -0.1) is 0 Å². The van der Waals surface area contributed by atoms with E-state index in [1.165, 1.54) is 0 Å². The minimum absolute atomic E-state index is 0.245. The highest BCUT2D eigenvalue weighted by molar-refractivity contribution is 6.03. The van der Waals surface area contributed by atoms with Gasteiger partial charge in [-0.3, -0.25) is 4.79 Å². The van der Waals surface area contributed by atoms with Gasteiger partial charge in [0.25, 0.3) is 0 Å². The lowest BCUT2D eigenvalue weighted by Gasteiger charge is -2.25. The third kappa shape index (κ3) is 2.54. The van der Waals surface area contributed by atoms with Crippen LogP contribution in [0.1, 0.15) is 5.56 Å². The number of fused-ring (bicyclic) bond motifs is 2. The fourth-order valence-corrected chi connectivity index (χ4v) is 2.69. The van der Waals surface area contributed by atoms with E-state index < -0.39 is 12.1 Å². The van der Waals surface area contributed by atoms with Crippen molar-refractivity contribution in [3.8, 4) is 0 Å². The molecule has 1 atom stereocenters. The van der Waals surface area contributed by atoms with Crippen molar-refractivity contribution in [3.05, 3.63) is 48.0 Å². The molecule has 3 amide bonds. The van der Waals surface area contributed by atoms with Crippen LogP contribution in [0.3, 0.4) is 0 Å². The molecule has 0 saturated carbocycles. The Balaban J connectivity index is 1.49. The van der Waals surface area contributed by atoms with E-state index in [-0.39, 0.29) is 5.91 Å². The van der Waals surface area contributed by atoms with Crippen LogP contribution in [0, 0.1) is 0 Å². The lowest BCUT2D eigenvalue weighted by atomic mass is 9.99. The molecule has 2 heterocycles. The summed E-state index contributed by atoms with van der Waals surface area (Å²) >= 11 is 0. The maximum absolute atomic E-state index is 12.2. The SMILES string of the molecule is O=C(Nc1cccc2nonc12)NC1Cc2ccccc2NC1=O. The molecule has 2 aromatic carbocycles. The van der Waals surface area contributed by atoms with Crippen LogP contribution in [-0.2, 0) is 11.2 Å². The highest BCUT2D eigenvalue weighted by atomic mass is 16.6. The second-order valence-electron chi connectivity index (χ2n) is 5.44. The first-order chi connectivity index (χ1) is 11.7. The molecule has 0 radical (unpaired) electrons. The van der Waals surface area contributed by atoms with Crippen molar-refractivity contribution < 1.29 is 14.2 Å². The zero-order valence-electron chi connectivity index (χ0n) is 12.4. The van der Waals surface area contributed by atoms with Crippen LogP contribution in [-0.4, -0.2) is 28.3 Å². The standard InChI is InChI=1S/C16H13N5O3/c22-15-13(8-9-4-1-2-5-10(9)17-15)19-16(23)18-11-6-3-7-12-14(11)21-24-20-12/h1-7,13H,8H2,(H,17,22)(H2,18,19,23). The number of benzene rings is 2. The predicted molar refractivity (Wildman–Crippen MR) is 86.5 cm³/mol. The van der Waals surface area contributed by atoms with E-state index in [2.05, 4.69) is 30.9 Å². The summed E-state index contributed by atoms with van der Waals surface area (Å²) in [6.07, 6.45) is 0.436. The summed E-state index contributed by atoms with van der Waals surface area (Å²) in [7, 11) is 0. The van der Waals surface area contributed by atoms with E-state index in [9.17, 15) is 9.59 Å². The van der Waals surface area contributed by atoms with Crippen molar-refractivity contribution in [2.24, 2.45) is 0 Å². The van der Waals surface area contributed by atoms with Crippen LogP contribution in [0.5, 0.6) is 0 Å². The summed E-state index contributed by atoms with van der Waals surface area (Å²) in [6.45, 7) is 0. The topological polar surface area (TPSA) is 109 Å². The molecular formula is C16H13N5O3. The molecular weight excluding hydrogens is 310 g/mol. The molecule has 24 heavy (non-hydrogen) atoms. The molecule has 4 rings (SSSR count). The molecule has 1 aliphatic rings. The summed E-state index contributed by atoms with van der Waals surface area (Å²) < 4.78 is 4.66. The first-order valence-corrected chi connectivity index (χ1v) is 7.38. The van der Waals surface area contributed by atoms with Crippen molar-refractivity contribution in [1.29, 1.82) is 0 Å². The van der Waals surface area contributed by atoms with Gasteiger partial charge in [-0.1, -0.05) is 24.3 Å². The molecule has 3 aromatic rings. The predicted octanol–water partition coefficient (Wildman–Crippen LogP) is 1.91. The van der Waals surface area contributed by atoms with Crippen LogP contribution >= 0.6 is 0 Å². The number of rotatable bonds is 2. The second kappa shape index (κ2) is 5.65. The fraction of sp³-hybridized carbons (Fsp3) is 0.125. The van der Waals surface area contributed by atoms with E-state index in [0.29, 0.717) is 23.1 Å². The number of urea groups is 1. The average molecular weight is 323 g/mol. The Hall–Kier alpha value is -3.42. The molecule has 120 valence electrons. The number of carbonyl (C=O) groups excluding carboxylic acids is 2. The Morgan fingerprint density at radius 3 is 2.96 bits per heavy atom. The number of anilines is 2. The lowest BCUT2D eigenvalue weighted by Crippen LogP contribution is -2.49. The average Bonchev–Trinajstić information content (AvgIpc) is 3.05. The number of amides is 3. The third-order valence-corrected chi connectivity index (χ3v) is 3.86. The first-order valence-electron chi connectivity index (χ1n) is 7.38. The number of para-hydroxylation sites is 1. The number of hydrogen-bond acceptors (Lipinski definition) is 5. The van der Waals surface area contributed by atoms with Gasteiger partial charge in [-0.2, -0.15) is 0 Å². The van der Waals surface area contributed by atoms with Crippen LogP contribution in [0.2, 0.25) is 0 Å². The molecule has 1 unspecified atom stereocenters. The normalized spacial score (nSPS) is 16.3. The van der Waals surface area contributed by atoms with Crippen molar-refractivity contribution in [3.63, 3.8) is 0 Å². The van der Waals surface area contributed by atoms with Gasteiger partial charge < -0.3 is 16.0 Å². The molecule has 1 aromatic heterocycles. The fourth-order valence-electron chi connectivity index (χ4n) is 2.69. The Labute approximate surface area is 136 Å². The molecule has 0 saturated heterocycles. The van der Waals surface area contributed by atoms with Gasteiger partial charge in [0.15, 0.2) is 5.52 Å². The Kier molecular flexibility index (Phi) is 3.34. The van der Waals surface area contributed by atoms with Gasteiger partial charge in [-0.25, -0.2) is 9.42 Å². The maximum Gasteiger partial charge on any atom is 0.319 e. The second-order valence-corrected chi connectivity index (χ2v) is 5.44. The van der Waals surface area contributed by atoms with E-state index in [1.807, 2.05) is 24.3 Å². The van der Waals surface area contributed by atoms with Crippen LogP contribution in [0.25, 0.3) is 11.0 Å². The maximum atomic E-state index is 12.2. The highest BCUT2D eigenvalue weighted by Gasteiger charge is 2.27. The summed E-state index contributed by atoms with van der Waals surface area (Å²) in [5.74, 6) is -0.245. The minimum atomic E-state index is -0.644. The lowest BCUT2D eigenvalue weighted by molar-refractivity contribution is -0.118. The van der Waals surface area contributed by atoms with Gasteiger partial charge in [0.2, 0.25) is 5.91 Å².